The first kappa shape index (κ1) is 17.1. The first-order chi connectivity index (χ1) is 11.5. The standard InChI is InChI=1S/C17H16FN3O3/c1-11-5-4-6-12(9-11)16(23)19-10-15(22)20-21-17(24)13-7-2-3-8-14(13)18/h2-9H,10H2,1H3,(H,19,23)(H,20,22)(H,21,24). The summed E-state index contributed by atoms with van der Waals surface area (Å²) in [4.78, 5) is 35.2. The maximum Gasteiger partial charge on any atom is 0.272 e. The van der Waals surface area contributed by atoms with E-state index in [1.807, 2.05) is 13.0 Å². The van der Waals surface area contributed by atoms with Gasteiger partial charge in [-0.05, 0) is 31.2 Å². The number of aryl methyl sites for hydroxylation is 1. The molecule has 3 amide bonds. The smallest absolute Gasteiger partial charge is 0.272 e. The molecule has 0 aliphatic rings. The number of hydrazine groups is 1. The third-order valence-corrected chi connectivity index (χ3v) is 3.12. The molecule has 2 rings (SSSR count). The Morgan fingerprint density at radius 2 is 1.71 bits per heavy atom. The lowest BCUT2D eigenvalue weighted by Gasteiger charge is -2.09. The maximum atomic E-state index is 13.4. The van der Waals surface area contributed by atoms with Crippen LogP contribution in [0.15, 0.2) is 48.5 Å². The third kappa shape index (κ3) is 4.64. The Morgan fingerprint density at radius 3 is 2.42 bits per heavy atom. The average Bonchev–Trinajstić information content (AvgIpc) is 2.58. The lowest BCUT2D eigenvalue weighted by molar-refractivity contribution is -0.120. The molecule has 24 heavy (non-hydrogen) atoms. The largest absolute Gasteiger partial charge is 0.343 e. The molecule has 0 aliphatic heterocycles. The van der Waals surface area contributed by atoms with Gasteiger partial charge in [0.25, 0.3) is 17.7 Å². The topological polar surface area (TPSA) is 87.3 Å². The number of halogens is 1. The molecule has 0 fully saturated rings. The molecule has 0 atom stereocenters. The quantitative estimate of drug-likeness (QED) is 0.740. The fourth-order valence-electron chi connectivity index (χ4n) is 1.93. The molecule has 0 spiro atoms. The summed E-state index contributed by atoms with van der Waals surface area (Å²) in [6, 6.07) is 12.3. The normalized spacial score (nSPS) is 9.92. The van der Waals surface area contributed by atoms with Crippen LogP contribution in [0.25, 0.3) is 0 Å². The predicted molar refractivity (Wildman–Crippen MR) is 85.5 cm³/mol. The van der Waals surface area contributed by atoms with E-state index in [1.54, 1.807) is 18.2 Å². The highest BCUT2D eigenvalue weighted by molar-refractivity contribution is 5.98. The monoisotopic (exact) mass is 329 g/mol. The maximum absolute atomic E-state index is 13.4. The van der Waals surface area contributed by atoms with E-state index in [9.17, 15) is 18.8 Å². The van der Waals surface area contributed by atoms with Gasteiger partial charge in [0, 0.05) is 5.56 Å². The molecular formula is C17H16FN3O3. The summed E-state index contributed by atoms with van der Waals surface area (Å²) in [7, 11) is 0. The van der Waals surface area contributed by atoms with Crippen molar-refractivity contribution >= 4 is 17.7 Å². The van der Waals surface area contributed by atoms with Gasteiger partial charge in [0.05, 0.1) is 12.1 Å². The lowest BCUT2D eigenvalue weighted by atomic mass is 10.1. The van der Waals surface area contributed by atoms with Crippen molar-refractivity contribution < 1.29 is 18.8 Å². The van der Waals surface area contributed by atoms with E-state index in [4.69, 9.17) is 0 Å². The van der Waals surface area contributed by atoms with Crippen LogP contribution in [-0.4, -0.2) is 24.3 Å². The Bertz CT molecular complexity index is 777. The minimum atomic E-state index is -0.786. The third-order valence-electron chi connectivity index (χ3n) is 3.12. The molecule has 0 heterocycles. The van der Waals surface area contributed by atoms with Crippen molar-refractivity contribution in [2.24, 2.45) is 0 Å². The van der Waals surface area contributed by atoms with Gasteiger partial charge in [-0.3, -0.25) is 25.2 Å². The second kappa shape index (κ2) is 7.87. The van der Waals surface area contributed by atoms with Crippen LogP contribution in [0.4, 0.5) is 4.39 Å². The summed E-state index contributed by atoms with van der Waals surface area (Å²) < 4.78 is 13.4. The van der Waals surface area contributed by atoms with Gasteiger partial charge in [-0.25, -0.2) is 4.39 Å². The van der Waals surface area contributed by atoms with Gasteiger partial charge in [0.15, 0.2) is 0 Å². The first-order valence-electron chi connectivity index (χ1n) is 7.16. The molecule has 0 radical (unpaired) electrons. The Labute approximate surface area is 138 Å². The molecular weight excluding hydrogens is 313 g/mol. The van der Waals surface area contributed by atoms with Crippen LogP contribution in [0.3, 0.4) is 0 Å². The second-order valence-corrected chi connectivity index (χ2v) is 5.03. The number of nitrogens with one attached hydrogen (secondary N) is 3. The van der Waals surface area contributed by atoms with Gasteiger partial charge >= 0.3 is 0 Å². The van der Waals surface area contributed by atoms with E-state index < -0.39 is 23.5 Å². The number of carbonyl (C=O) groups excluding carboxylic acids is 3. The van der Waals surface area contributed by atoms with Gasteiger partial charge in [-0.15, -0.1) is 0 Å². The zero-order valence-electron chi connectivity index (χ0n) is 12.9. The summed E-state index contributed by atoms with van der Waals surface area (Å²) in [5, 5.41) is 2.42. The van der Waals surface area contributed by atoms with Gasteiger partial charge in [0.1, 0.15) is 5.82 Å². The molecule has 3 N–H and O–H groups in total. The molecule has 6 nitrogen and oxygen atoms in total. The number of hydrogen-bond donors (Lipinski definition) is 3. The van der Waals surface area contributed by atoms with Crippen molar-refractivity contribution in [2.75, 3.05) is 6.54 Å². The number of carbonyl (C=O) groups is 3. The Morgan fingerprint density at radius 1 is 0.958 bits per heavy atom. The average molecular weight is 329 g/mol. The molecule has 7 heteroatoms. The Kier molecular flexibility index (Phi) is 5.62. The highest BCUT2D eigenvalue weighted by Gasteiger charge is 2.12. The molecule has 0 saturated carbocycles. The van der Waals surface area contributed by atoms with Gasteiger partial charge in [0.2, 0.25) is 0 Å². The minimum absolute atomic E-state index is 0.193. The van der Waals surface area contributed by atoms with E-state index in [1.165, 1.54) is 18.2 Å². The molecule has 0 aromatic heterocycles. The number of benzene rings is 2. The van der Waals surface area contributed by atoms with Crippen LogP contribution < -0.4 is 16.2 Å². The van der Waals surface area contributed by atoms with Crippen molar-refractivity contribution in [3.05, 3.63) is 71.0 Å². The highest BCUT2D eigenvalue weighted by Crippen LogP contribution is 2.05. The van der Waals surface area contributed by atoms with Crippen molar-refractivity contribution in [3.8, 4) is 0 Å². The van der Waals surface area contributed by atoms with Crippen LogP contribution in [0, 0.1) is 12.7 Å². The summed E-state index contributed by atoms with van der Waals surface area (Å²) in [5.74, 6) is -2.53. The van der Waals surface area contributed by atoms with Crippen LogP contribution in [0.2, 0.25) is 0 Å². The van der Waals surface area contributed by atoms with Crippen LogP contribution >= 0.6 is 0 Å². The first-order valence-corrected chi connectivity index (χ1v) is 7.16. The van der Waals surface area contributed by atoms with Crippen molar-refractivity contribution in [3.63, 3.8) is 0 Å². The van der Waals surface area contributed by atoms with E-state index >= 15 is 0 Å². The van der Waals surface area contributed by atoms with Crippen molar-refractivity contribution in [1.29, 1.82) is 0 Å². The molecule has 124 valence electrons. The summed E-state index contributed by atoms with van der Waals surface area (Å²) in [6.45, 7) is 1.52. The molecule has 0 aliphatic carbocycles. The van der Waals surface area contributed by atoms with Gasteiger partial charge in [-0.2, -0.15) is 0 Å². The lowest BCUT2D eigenvalue weighted by Crippen LogP contribution is -2.46. The van der Waals surface area contributed by atoms with Crippen LogP contribution in [-0.2, 0) is 4.79 Å². The molecule has 2 aromatic rings. The Hall–Kier alpha value is -3.22. The van der Waals surface area contributed by atoms with E-state index in [-0.39, 0.29) is 12.1 Å². The van der Waals surface area contributed by atoms with Crippen molar-refractivity contribution in [1.82, 2.24) is 16.2 Å². The van der Waals surface area contributed by atoms with Gasteiger partial charge in [-0.1, -0.05) is 29.8 Å². The van der Waals surface area contributed by atoms with Crippen molar-refractivity contribution in [2.45, 2.75) is 6.92 Å². The number of rotatable bonds is 4. The minimum Gasteiger partial charge on any atom is -0.343 e. The fraction of sp³-hybridized carbons (Fsp3) is 0.118. The molecule has 0 unspecified atom stereocenters. The number of hydrogen-bond acceptors (Lipinski definition) is 3. The highest BCUT2D eigenvalue weighted by atomic mass is 19.1. The molecule has 0 saturated heterocycles. The zero-order valence-corrected chi connectivity index (χ0v) is 12.9. The van der Waals surface area contributed by atoms with Gasteiger partial charge < -0.3 is 5.32 Å². The Balaban J connectivity index is 1.80. The van der Waals surface area contributed by atoms with E-state index in [0.29, 0.717) is 5.56 Å². The summed E-state index contributed by atoms with van der Waals surface area (Å²) in [5.41, 5.74) is 5.35. The van der Waals surface area contributed by atoms with Crippen LogP contribution in [0.5, 0.6) is 0 Å². The second-order valence-electron chi connectivity index (χ2n) is 5.03. The number of amides is 3. The van der Waals surface area contributed by atoms with E-state index in [2.05, 4.69) is 16.2 Å². The molecule has 0 bridgehead atoms. The van der Waals surface area contributed by atoms with Crippen LogP contribution in [0.1, 0.15) is 26.3 Å². The zero-order chi connectivity index (χ0) is 17.5. The predicted octanol–water partition coefficient (Wildman–Crippen LogP) is 1.33. The summed E-state index contributed by atoms with van der Waals surface area (Å²) in [6.07, 6.45) is 0. The van der Waals surface area contributed by atoms with E-state index in [0.717, 1.165) is 11.6 Å². The molecule has 2 aromatic carbocycles. The SMILES string of the molecule is Cc1cccc(C(=O)NCC(=O)NNC(=O)c2ccccc2F)c1. The summed E-state index contributed by atoms with van der Waals surface area (Å²) >= 11 is 0. The fourth-order valence-corrected chi connectivity index (χ4v) is 1.93.